The number of nitrogens with one attached hydrogen (secondary N) is 1. The van der Waals surface area contributed by atoms with E-state index in [2.05, 4.69) is 22.3 Å². The van der Waals surface area contributed by atoms with Crippen LogP contribution >= 0.6 is 24.0 Å². The van der Waals surface area contributed by atoms with Crippen LogP contribution in [0.3, 0.4) is 0 Å². The zero-order valence-corrected chi connectivity index (χ0v) is 19.0. The minimum absolute atomic E-state index is 0. The zero-order chi connectivity index (χ0) is 18.8. The Morgan fingerprint density at radius 3 is 2.44 bits per heavy atom. The Bertz CT molecular complexity index is 558. The van der Waals surface area contributed by atoms with Crippen LogP contribution in [0, 0.1) is 5.92 Å². The molecule has 1 unspecified atom stereocenters. The average Bonchev–Trinajstić information content (AvgIpc) is 3.17. The van der Waals surface area contributed by atoms with E-state index in [9.17, 15) is 0 Å². The molecule has 27 heavy (non-hydrogen) atoms. The van der Waals surface area contributed by atoms with E-state index in [0.29, 0.717) is 12.5 Å². The molecule has 0 aliphatic carbocycles. The number of methoxy groups -OCH3 is 2. The van der Waals surface area contributed by atoms with E-state index < -0.39 is 0 Å². The lowest BCUT2D eigenvalue weighted by atomic mass is 10.1. The van der Waals surface area contributed by atoms with Gasteiger partial charge >= 0.3 is 0 Å². The molecular formula is C19H32IN3O4. The van der Waals surface area contributed by atoms with Gasteiger partial charge in [-0.15, -0.1) is 24.0 Å². The molecule has 1 N–H and O–H groups in total. The maximum Gasteiger partial charge on any atom is 0.193 e. The summed E-state index contributed by atoms with van der Waals surface area (Å²) in [5, 5.41) is 3.38. The van der Waals surface area contributed by atoms with E-state index in [1.54, 1.807) is 14.2 Å². The van der Waals surface area contributed by atoms with Crippen LogP contribution in [-0.4, -0.2) is 72.1 Å². The predicted octanol–water partition coefficient (Wildman–Crippen LogP) is 2.63. The number of benzene rings is 1. The molecule has 1 heterocycles. The van der Waals surface area contributed by atoms with Gasteiger partial charge in [-0.3, -0.25) is 4.99 Å². The van der Waals surface area contributed by atoms with Crippen molar-refractivity contribution in [3.05, 3.63) is 18.2 Å². The summed E-state index contributed by atoms with van der Waals surface area (Å²) >= 11 is 0. The minimum atomic E-state index is 0. The van der Waals surface area contributed by atoms with E-state index in [0.717, 1.165) is 62.4 Å². The molecule has 1 aromatic carbocycles. The lowest BCUT2D eigenvalue weighted by molar-refractivity contribution is 0.181. The number of aliphatic imine (C=N–C) groups is 1. The fourth-order valence-electron chi connectivity index (χ4n) is 2.91. The number of nitrogens with zero attached hydrogens (tertiary/aromatic N) is 2. The van der Waals surface area contributed by atoms with Gasteiger partial charge in [0.2, 0.25) is 0 Å². The molecule has 2 rings (SSSR count). The average molecular weight is 493 g/mol. The molecule has 7 nitrogen and oxygen atoms in total. The zero-order valence-electron chi connectivity index (χ0n) is 16.7. The first-order valence-corrected chi connectivity index (χ1v) is 9.01. The van der Waals surface area contributed by atoms with Gasteiger partial charge < -0.3 is 29.2 Å². The van der Waals surface area contributed by atoms with Crippen LogP contribution in [0.2, 0.25) is 0 Å². The Morgan fingerprint density at radius 1 is 1.22 bits per heavy atom. The summed E-state index contributed by atoms with van der Waals surface area (Å²) in [6.45, 7) is 4.07. The van der Waals surface area contributed by atoms with Gasteiger partial charge in [0.15, 0.2) is 5.96 Å². The Morgan fingerprint density at radius 2 is 1.89 bits per heavy atom. The molecule has 0 aromatic heterocycles. The summed E-state index contributed by atoms with van der Waals surface area (Å²) in [6, 6.07) is 5.53. The number of hydrogen-bond donors (Lipinski definition) is 1. The third kappa shape index (κ3) is 8.00. The number of halogens is 1. The molecule has 154 valence electrons. The summed E-state index contributed by atoms with van der Waals surface area (Å²) in [4.78, 5) is 6.51. The molecule has 1 aliphatic rings. The molecule has 0 spiro atoms. The third-order valence-electron chi connectivity index (χ3n) is 4.33. The fourth-order valence-corrected chi connectivity index (χ4v) is 2.91. The van der Waals surface area contributed by atoms with Gasteiger partial charge in [0.05, 0.1) is 27.4 Å². The highest BCUT2D eigenvalue weighted by atomic mass is 127. The minimum Gasteiger partial charge on any atom is -0.496 e. The summed E-state index contributed by atoms with van der Waals surface area (Å²) < 4.78 is 21.7. The molecular weight excluding hydrogens is 461 g/mol. The number of rotatable bonds is 9. The van der Waals surface area contributed by atoms with Crippen molar-refractivity contribution in [3.63, 3.8) is 0 Å². The first kappa shape index (κ1) is 23.6. The number of guanidine groups is 1. The SMILES string of the molecule is CN=C(NCCCOc1cc(OC)cc(OC)c1)N(C)CC1CCOC1.I. The molecule has 1 aliphatic heterocycles. The van der Waals surface area contributed by atoms with Gasteiger partial charge in [0, 0.05) is 57.9 Å². The molecule has 0 saturated carbocycles. The van der Waals surface area contributed by atoms with Crippen LogP contribution in [0.25, 0.3) is 0 Å². The van der Waals surface area contributed by atoms with Gasteiger partial charge in [0.1, 0.15) is 17.2 Å². The Kier molecular flexibility index (Phi) is 11.3. The van der Waals surface area contributed by atoms with Gasteiger partial charge in [-0.2, -0.15) is 0 Å². The van der Waals surface area contributed by atoms with Crippen molar-refractivity contribution in [2.24, 2.45) is 10.9 Å². The standard InChI is InChI=1S/C19H31N3O4.HI/c1-20-19(22(2)13-15-6-9-25-14-15)21-7-5-8-26-18-11-16(23-3)10-17(12-18)24-4;/h10-12,15H,5-9,13-14H2,1-4H3,(H,20,21);1H. The van der Waals surface area contributed by atoms with Crippen molar-refractivity contribution in [3.8, 4) is 17.2 Å². The Balaban J connectivity index is 0.00000364. The van der Waals surface area contributed by atoms with Gasteiger partial charge in [-0.1, -0.05) is 0 Å². The van der Waals surface area contributed by atoms with E-state index >= 15 is 0 Å². The van der Waals surface area contributed by atoms with Crippen molar-refractivity contribution in [1.29, 1.82) is 0 Å². The molecule has 0 amide bonds. The van der Waals surface area contributed by atoms with Crippen LogP contribution in [-0.2, 0) is 4.74 Å². The van der Waals surface area contributed by atoms with Crippen LogP contribution in [0.4, 0.5) is 0 Å². The Hall–Kier alpha value is -1.42. The molecule has 1 atom stereocenters. The highest BCUT2D eigenvalue weighted by molar-refractivity contribution is 14.0. The highest BCUT2D eigenvalue weighted by Crippen LogP contribution is 2.27. The quantitative estimate of drug-likeness (QED) is 0.247. The van der Waals surface area contributed by atoms with E-state index in [4.69, 9.17) is 18.9 Å². The molecule has 1 fully saturated rings. The smallest absolute Gasteiger partial charge is 0.193 e. The second-order valence-electron chi connectivity index (χ2n) is 6.33. The number of ether oxygens (including phenoxy) is 4. The van der Waals surface area contributed by atoms with Crippen LogP contribution in [0.1, 0.15) is 12.8 Å². The van der Waals surface area contributed by atoms with E-state index in [1.807, 2.05) is 25.2 Å². The van der Waals surface area contributed by atoms with Crippen molar-refractivity contribution in [1.82, 2.24) is 10.2 Å². The van der Waals surface area contributed by atoms with Gasteiger partial charge in [-0.25, -0.2) is 0 Å². The molecule has 1 aromatic rings. The van der Waals surface area contributed by atoms with Crippen LogP contribution in [0.15, 0.2) is 23.2 Å². The highest BCUT2D eigenvalue weighted by Gasteiger charge is 2.18. The monoisotopic (exact) mass is 493 g/mol. The maximum absolute atomic E-state index is 5.80. The predicted molar refractivity (Wildman–Crippen MR) is 118 cm³/mol. The lowest BCUT2D eigenvalue weighted by Crippen LogP contribution is -2.42. The third-order valence-corrected chi connectivity index (χ3v) is 4.33. The van der Waals surface area contributed by atoms with Crippen LogP contribution < -0.4 is 19.5 Å². The second-order valence-corrected chi connectivity index (χ2v) is 6.33. The van der Waals surface area contributed by atoms with Crippen molar-refractivity contribution >= 4 is 29.9 Å². The van der Waals surface area contributed by atoms with E-state index in [1.165, 1.54) is 0 Å². The topological polar surface area (TPSA) is 64.6 Å². The van der Waals surface area contributed by atoms with Crippen LogP contribution in [0.5, 0.6) is 17.2 Å². The first-order chi connectivity index (χ1) is 12.7. The number of hydrogen-bond acceptors (Lipinski definition) is 5. The maximum atomic E-state index is 5.80. The summed E-state index contributed by atoms with van der Waals surface area (Å²) in [6.07, 6.45) is 1.98. The second kappa shape index (κ2) is 12.9. The van der Waals surface area contributed by atoms with Crippen molar-refractivity contribution < 1.29 is 18.9 Å². The molecule has 0 bridgehead atoms. The largest absolute Gasteiger partial charge is 0.496 e. The lowest BCUT2D eigenvalue weighted by Gasteiger charge is -2.24. The van der Waals surface area contributed by atoms with Gasteiger partial charge in [-0.05, 0) is 12.8 Å². The fraction of sp³-hybridized carbons (Fsp3) is 0.632. The molecule has 1 saturated heterocycles. The summed E-state index contributed by atoms with van der Waals surface area (Å²) in [7, 11) is 7.13. The Labute approximate surface area is 179 Å². The summed E-state index contributed by atoms with van der Waals surface area (Å²) in [5.41, 5.74) is 0. The van der Waals surface area contributed by atoms with E-state index in [-0.39, 0.29) is 24.0 Å². The van der Waals surface area contributed by atoms with Crippen molar-refractivity contribution in [2.75, 3.05) is 61.2 Å². The molecule has 8 heteroatoms. The molecule has 0 radical (unpaired) electrons. The summed E-state index contributed by atoms with van der Waals surface area (Å²) in [5.74, 6) is 3.67. The first-order valence-electron chi connectivity index (χ1n) is 9.01. The van der Waals surface area contributed by atoms with Gasteiger partial charge in [0.25, 0.3) is 0 Å². The normalized spacial score (nSPS) is 16.4. The van der Waals surface area contributed by atoms with Crippen molar-refractivity contribution in [2.45, 2.75) is 12.8 Å².